The van der Waals surface area contributed by atoms with E-state index in [4.69, 9.17) is 4.74 Å². The molecule has 0 bridgehead atoms. The van der Waals surface area contributed by atoms with Crippen LogP contribution >= 0.6 is 0 Å². The maximum absolute atomic E-state index is 10.2. The van der Waals surface area contributed by atoms with Crippen LogP contribution in [0.1, 0.15) is 38.0 Å². The van der Waals surface area contributed by atoms with Crippen molar-refractivity contribution in [3.63, 3.8) is 0 Å². The van der Waals surface area contributed by atoms with Gasteiger partial charge in [-0.25, -0.2) is 0 Å². The van der Waals surface area contributed by atoms with Gasteiger partial charge in [-0.2, -0.15) is 0 Å². The summed E-state index contributed by atoms with van der Waals surface area (Å²) >= 11 is 0. The molecule has 2 atom stereocenters. The number of hydrogen-bond donors (Lipinski definition) is 2. The summed E-state index contributed by atoms with van der Waals surface area (Å²) in [6.45, 7) is 9.01. The second-order valence-corrected chi connectivity index (χ2v) is 5.20. The van der Waals surface area contributed by atoms with Crippen molar-refractivity contribution in [3.8, 4) is 5.75 Å². The van der Waals surface area contributed by atoms with Gasteiger partial charge in [0.1, 0.15) is 5.75 Å². The Bertz CT molecular complexity index is 377. The lowest BCUT2D eigenvalue weighted by Gasteiger charge is -2.21. The Kier molecular flexibility index (Phi) is 5.63. The van der Waals surface area contributed by atoms with E-state index in [-0.39, 0.29) is 0 Å². The zero-order chi connectivity index (χ0) is 13.7. The molecule has 2 unspecified atom stereocenters. The molecule has 0 fully saturated rings. The van der Waals surface area contributed by atoms with Crippen molar-refractivity contribution in [2.75, 3.05) is 13.7 Å². The molecule has 0 aromatic heterocycles. The largest absolute Gasteiger partial charge is 0.496 e. The van der Waals surface area contributed by atoms with Gasteiger partial charge < -0.3 is 15.2 Å². The molecule has 0 saturated heterocycles. The molecule has 0 aliphatic rings. The number of methoxy groups -OCH3 is 1. The van der Waals surface area contributed by atoms with Crippen molar-refractivity contribution >= 4 is 0 Å². The zero-order valence-electron chi connectivity index (χ0n) is 12.0. The Morgan fingerprint density at radius 1 is 1.28 bits per heavy atom. The first-order valence-electron chi connectivity index (χ1n) is 6.51. The van der Waals surface area contributed by atoms with Crippen LogP contribution in [-0.4, -0.2) is 24.8 Å². The van der Waals surface area contributed by atoms with Crippen molar-refractivity contribution in [3.05, 3.63) is 29.3 Å². The van der Waals surface area contributed by atoms with E-state index < -0.39 is 6.10 Å². The average molecular weight is 251 g/mol. The molecule has 0 radical (unpaired) electrons. The summed E-state index contributed by atoms with van der Waals surface area (Å²) in [7, 11) is 1.63. The van der Waals surface area contributed by atoms with Crippen molar-refractivity contribution in [1.29, 1.82) is 0 Å². The molecule has 3 nitrogen and oxygen atoms in total. The number of aliphatic hydroxyl groups excluding tert-OH is 1. The first kappa shape index (κ1) is 15.0. The number of aryl methyl sites for hydroxylation is 1. The molecule has 18 heavy (non-hydrogen) atoms. The Labute approximate surface area is 110 Å². The van der Waals surface area contributed by atoms with Crippen LogP contribution in [0.25, 0.3) is 0 Å². The second kappa shape index (κ2) is 6.76. The number of rotatable bonds is 6. The lowest BCUT2D eigenvalue weighted by atomic mass is 10.0. The van der Waals surface area contributed by atoms with Gasteiger partial charge in [0, 0.05) is 18.2 Å². The van der Waals surface area contributed by atoms with Crippen LogP contribution in [0.15, 0.2) is 18.2 Å². The third-order valence-electron chi connectivity index (χ3n) is 3.38. The van der Waals surface area contributed by atoms with Crippen LogP contribution in [0.5, 0.6) is 5.75 Å². The quantitative estimate of drug-likeness (QED) is 0.816. The van der Waals surface area contributed by atoms with Gasteiger partial charge in [-0.3, -0.25) is 0 Å². The molecule has 1 rings (SSSR count). The third kappa shape index (κ3) is 4.00. The van der Waals surface area contributed by atoms with Gasteiger partial charge in [0.15, 0.2) is 0 Å². The molecule has 2 N–H and O–H groups in total. The normalized spacial score (nSPS) is 14.6. The summed E-state index contributed by atoms with van der Waals surface area (Å²) in [5.74, 6) is 1.30. The van der Waals surface area contributed by atoms with Crippen molar-refractivity contribution < 1.29 is 9.84 Å². The van der Waals surface area contributed by atoms with E-state index in [9.17, 15) is 5.11 Å². The third-order valence-corrected chi connectivity index (χ3v) is 3.38. The summed E-state index contributed by atoms with van der Waals surface area (Å²) in [5.41, 5.74) is 1.97. The van der Waals surface area contributed by atoms with Gasteiger partial charge in [0.2, 0.25) is 0 Å². The lowest BCUT2D eigenvalue weighted by Crippen LogP contribution is -2.34. The molecule has 0 aliphatic heterocycles. The van der Waals surface area contributed by atoms with Crippen LogP contribution in [0.4, 0.5) is 0 Å². The van der Waals surface area contributed by atoms with Gasteiger partial charge in [-0.1, -0.05) is 25.5 Å². The Morgan fingerprint density at radius 3 is 2.50 bits per heavy atom. The van der Waals surface area contributed by atoms with Gasteiger partial charge in [-0.05, 0) is 31.9 Å². The number of ether oxygens (including phenoxy) is 1. The summed E-state index contributed by atoms with van der Waals surface area (Å²) in [6, 6.07) is 6.25. The average Bonchev–Trinajstić information content (AvgIpc) is 2.35. The second-order valence-electron chi connectivity index (χ2n) is 5.20. The molecule has 0 aliphatic carbocycles. The van der Waals surface area contributed by atoms with E-state index in [0.717, 1.165) is 16.9 Å². The fourth-order valence-electron chi connectivity index (χ4n) is 1.76. The standard InChI is InChI=1S/C15H25NO2/c1-10(2)12(4)16-9-14(17)13-8-11(3)6-7-15(13)18-5/h6-8,10,12,14,16-17H,9H2,1-5H3. The van der Waals surface area contributed by atoms with Gasteiger partial charge >= 0.3 is 0 Å². The van der Waals surface area contributed by atoms with Crippen LogP contribution in [0, 0.1) is 12.8 Å². The zero-order valence-corrected chi connectivity index (χ0v) is 12.0. The molecule has 0 amide bonds. The molecule has 0 spiro atoms. The topological polar surface area (TPSA) is 41.5 Å². The van der Waals surface area contributed by atoms with Crippen LogP contribution in [0.3, 0.4) is 0 Å². The number of hydrogen-bond acceptors (Lipinski definition) is 3. The summed E-state index contributed by atoms with van der Waals surface area (Å²) in [5, 5.41) is 13.6. The molecule has 1 aromatic carbocycles. The predicted molar refractivity (Wildman–Crippen MR) is 75.0 cm³/mol. The van der Waals surface area contributed by atoms with Crippen LogP contribution in [-0.2, 0) is 0 Å². The highest BCUT2D eigenvalue weighted by Crippen LogP contribution is 2.26. The minimum Gasteiger partial charge on any atom is -0.496 e. The van der Waals surface area contributed by atoms with Crippen LogP contribution < -0.4 is 10.1 Å². The molecule has 0 heterocycles. The summed E-state index contributed by atoms with van der Waals surface area (Å²) in [6.07, 6.45) is -0.541. The Morgan fingerprint density at radius 2 is 1.94 bits per heavy atom. The van der Waals surface area contributed by atoms with E-state index in [2.05, 4.69) is 26.1 Å². The fraction of sp³-hybridized carbons (Fsp3) is 0.600. The molecule has 3 heteroatoms. The van der Waals surface area contributed by atoms with Crippen LogP contribution in [0.2, 0.25) is 0 Å². The van der Waals surface area contributed by atoms with Crippen molar-refractivity contribution in [2.45, 2.75) is 39.8 Å². The van der Waals surface area contributed by atoms with E-state index in [0.29, 0.717) is 18.5 Å². The highest BCUT2D eigenvalue weighted by molar-refractivity contribution is 5.38. The fourth-order valence-corrected chi connectivity index (χ4v) is 1.76. The highest BCUT2D eigenvalue weighted by atomic mass is 16.5. The van der Waals surface area contributed by atoms with E-state index >= 15 is 0 Å². The molecule has 0 saturated carbocycles. The van der Waals surface area contributed by atoms with Crippen molar-refractivity contribution in [1.82, 2.24) is 5.32 Å². The van der Waals surface area contributed by atoms with Gasteiger partial charge in [0.25, 0.3) is 0 Å². The maximum Gasteiger partial charge on any atom is 0.124 e. The van der Waals surface area contributed by atoms with E-state index in [1.807, 2.05) is 25.1 Å². The van der Waals surface area contributed by atoms with Crippen molar-refractivity contribution in [2.24, 2.45) is 5.92 Å². The van der Waals surface area contributed by atoms with Gasteiger partial charge in [0.05, 0.1) is 13.2 Å². The number of nitrogens with one attached hydrogen (secondary N) is 1. The SMILES string of the molecule is COc1ccc(C)cc1C(O)CNC(C)C(C)C. The molecule has 102 valence electrons. The predicted octanol–water partition coefficient (Wildman–Crippen LogP) is 2.67. The van der Waals surface area contributed by atoms with E-state index in [1.165, 1.54) is 0 Å². The Balaban J connectivity index is 2.71. The summed E-state index contributed by atoms with van der Waals surface area (Å²) < 4.78 is 5.29. The monoisotopic (exact) mass is 251 g/mol. The minimum atomic E-state index is -0.541. The molecule has 1 aromatic rings. The summed E-state index contributed by atoms with van der Waals surface area (Å²) in [4.78, 5) is 0. The first-order chi connectivity index (χ1) is 8.45. The van der Waals surface area contributed by atoms with Gasteiger partial charge in [-0.15, -0.1) is 0 Å². The molecular formula is C15H25NO2. The minimum absolute atomic E-state index is 0.385. The lowest BCUT2D eigenvalue weighted by molar-refractivity contribution is 0.163. The highest BCUT2D eigenvalue weighted by Gasteiger charge is 2.15. The molecular weight excluding hydrogens is 226 g/mol. The number of aliphatic hydroxyl groups is 1. The first-order valence-corrected chi connectivity index (χ1v) is 6.51. The smallest absolute Gasteiger partial charge is 0.124 e. The van der Waals surface area contributed by atoms with E-state index in [1.54, 1.807) is 7.11 Å². The maximum atomic E-state index is 10.2. The number of benzene rings is 1. The Hall–Kier alpha value is -1.06.